The van der Waals surface area contributed by atoms with Crippen molar-refractivity contribution in [2.24, 2.45) is 5.73 Å². The van der Waals surface area contributed by atoms with Crippen molar-refractivity contribution >= 4 is 11.6 Å². The van der Waals surface area contributed by atoms with Gasteiger partial charge in [0.1, 0.15) is 12.0 Å². The summed E-state index contributed by atoms with van der Waals surface area (Å²) in [6, 6.07) is 5.28. The van der Waals surface area contributed by atoms with Crippen molar-refractivity contribution in [2.45, 2.75) is 13.5 Å². The number of esters is 1. The fraction of sp³-hybridized carbons (Fsp3) is 0.188. The monoisotopic (exact) mass is 334 g/mol. The van der Waals surface area contributed by atoms with Gasteiger partial charge < -0.3 is 10.5 Å². The molecule has 1 aromatic carbocycles. The van der Waals surface area contributed by atoms with Gasteiger partial charge in [-0.2, -0.15) is 0 Å². The molecule has 0 saturated carbocycles. The first-order valence-corrected chi connectivity index (χ1v) is 6.98. The summed E-state index contributed by atoms with van der Waals surface area (Å²) in [5.74, 6) is -2.07. The highest BCUT2D eigenvalue weighted by atomic mass is 19.2. The number of nitrogens with two attached hydrogens (primary N) is 1. The molecule has 126 valence electrons. The third-order valence-electron chi connectivity index (χ3n) is 3.13. The quantitative estimate of drug-likeness (QED) is 0.727. The number of aryl methyl sites for hydroxylation is 1. The first-order chi connectivity index (χ1) is 11.5. The fourth-order valence-corrected chi connectivity index (χ4v) is 1.97. The first kappa shape index (κ1) is 17.5. The van der Waals surface area contributed by atoms with Crippen LogP contribution in [0.4, 0.5) is 8.78 Å². The fourth-order valence-electron chi connectivity index (χ4n) is 1.97. The van der Waals surface area contributed by atoms with Gasteiger partial charge in [0.15, 0.2) is 17.3 Å². The molecule has 8 heteroatoms. The molecule has 0 bridgehead atoms. The molecule has 0 fully saturated rings. The van der Waals surface area contributed by atoms with Crippen LogP contribution in [-0.4, -0.2) is 27.4 Å². The van der Waals surface area contributed by atoms with Crippen molar-refractivity contribution in [1.82, 2.24) is 14.4 Å². The number of benzene rings is 1. The van der Waals surface area contributed by atoms with E-state index in [1.165, 1.54) is 19.5 Å². The molecule has 0 aliphatic carbocycles. The van der Waals surface area contributed by atoms with Crippen LogP contribution in [0.1, 0.15) is 21.7 Å². The van der Waals surface area contributed by atoms with E-state index >= 15 is 0 Å². The van der Waals surface area contributed by atoms with Crippen LogP contribution in [0, 0.1) is 18.6 Å². The molecule has 2 heterocycles. The smallest absolute Gasteiger partial charge is 0.355 e. The Morgan fingerprint density at radius 3 is 2.67 bits per heavy atom. The number of hydrogen-bond donors (Lipinski definition) is 1. The van der Waals surface area contributed by atoms with Gasteiger partial charge in [0.2, 0.25) is 0 Å². The summed E-state index contributed by atoms with van der Waals surface area (Å²) in [4.78, 5) is 19.5. The number of aromatic nitrogens is 3. The van der Waals surface area contributed by atoms with Gasteiger partial charge >= 0.3 is 5.97 Å². The topological polar surface area (TPSA) is 82.5 Å². The lowest BCUT2D eigenvalue weighted by molar-refractivity contribution is 0.0592. The van der Waals surface area contributed by atoms with Crippen molar-refractivity contribution in [2.75, 3.05) is 7.11 Å². The molecule has 3 rings (SSSR count). The van der Waals surface area contributed by atoms with Crippen LogP contribution in [0.3, 0.4) is 0 Å². The average Bonchev–Trinajstić information content (AvgIpc) is 3.04. The number of fused-ring (bicyclic) bond motifs is 1. The molecule has 0 spiro atoms. The van der Waals surface area contributed by atoms with Crippen molar-refractivity contribution in [1.29, 1.82) is 0 Å². The van der Waals surface area contributed by atoms with Gasteiger partial charge in [0, 0.05) is 12.2 Å². The van der Waals surface area contributed by atoms with Crippen molar-refractivity contribution < 1.29 is 18.3 Å². The van der Waals surface area contributed by atoms with Gasteiger partial charge in [-0.1, -0.05) is 6.07 Å². The minimum atomic E-state index is -0.844. The second-order valence-corrected chi connectivity index (χ2v) is 4.85. The van der Waals surface area contributed by atoms with E-state index in [4.69, 9.17) is 5.73 Å². The highest BCUT2D eigenvalue weighted by molar-refractivity contribution is 5.88. The Balaban J connectivity index is 0.000000185. The molecule has 0 atom stereocenters. The zero-order valence-corrected chi connectivity index (χ0v) is 13.2. The van der Waals surface area contributed by atoms with Gasteiger partial charge in [-0.15, -0.1) is 0 Å². The van der Waals surface area contributed by atoms with Crippen LogP contribution in [0.25, 0.3) is 5.65 Å². The SMILES string of the molecule is COC(=O)c1cc(C)nc2cncn12.NCc1ccc(F)c(F)c1. The van der Waals surface area contributed by atoms with E-state index in [0.717, 1.165) is 17.8 Å². The third-order valence-corrected chi connectivity index (χ3v) is 3.13. The number of methoxy groups -OCH3 is 1. The summed E-state index contributed by atoms with van der Waals surface area (Å²) >= 11 is 0. The van der Waals surface area contributed by atoms with E-state index < -0.39 is 17.6 Å². The van der Waals surface area contributed by atoms with E-state index in [-0.39, 0.29) is 6.54 Å². The minimum Gasteiger partial charge on any atom is -0.464 e. The van der Waals surface area contributed by atoms with E-state index in [1.807, 2.05) is 6.92 Å². The predicted molar refractivity (Wildman–Crippen MR) is 83.3 cm³/mol. The largest absolute Gasteiger partial charge is 0.464 e. The zero-order chi connectivity index (χ0) is 17.7. The Labute approximate surface area is 136 Å². The molecule has 0 saturated heterocycles. The Kier molecular flexibility index (Phi) is 5.54. The van der Waals surface area contributed by atoms with Crippen molar-refractivity contribution in [3.05, 3.63) is 65.4 Å². The Morgan fingerprint density at radius 1 is 1.29 bits per heavy atom. The zero-order valence-electron chi connectivity index (χ0n) is 13.2. The number of imidazole rings is 1. The molecule has 0 unspecified atom stereocenters. The van der Waals surface area contributed by atoms with Gasteiger partial charge in [-0.05, 0) is 30.7 Å². The second-order valence-electron chi connectivity index (χ2n) is 4.85. The maximum absolute atomic E-state index is 12.3. The average molecular weight is 334 g/mol. The summed E-state index contributed by atoms with van der Waals surface area (Å²) < 4.78 is 30.8. The lowest BCUT2D eigenvalue weighted by atomic mass is 10.2. The predicted octanol–water partition coefficient (Wildman–Crippen LogP) is 2.25. The van der Waals surface area contributed by atoms with Crippen molar-refractivity contribution in [3.63, 3.8) is 0 Å². The van der Waals surface area contributed by atoms with Crippen LogP contribution in [0.5, 0.6) is 0 Å². The van der Waals surface area contributed by atoms with Crippen LogP contribution in [0.15, 0.2) is 36.8 Å². The molecule has 2 aromatic heterocycles. The third kappa shape index (κ3) is 3.90. The van der Waals surface area contributed by atoms with E-state index in [0.29, 0.717) is 16.9 Å². The number of rotatable bonds is 2. The first-order valence-electron chi connectivity index (χ1n) is 6.98. The summed E-state index contributed by atoms with van der Waals surface area (Å²) in [7, 11) is 1.35. The maximum atomic E-state index is 12.3. The number of ether oxygens (including phenoxy) is 1. The van der Waals surface area contributed by atoms with Crippen molar-refractivity contribution in [3.8, 4) is 0 Å². The van der Waals surface area contributed by atoms with Gasteiger partial charge in [-0.3, -0.25) is 4.40 Å². The lowest BCUT2D eigenvalue weighted by Crippen LogP contribution is -2.08. The van der Waals surface area contributed by atoms with E-state index in [2.05, 4.69) is 14.7 Å². The number of carbonyl (C=O) groups excluding carboxylic acids is 1. The molecular weight excluding hydrogens is 318 g/mol. The maximum Gasteiger partial charge on any atom is 0.355 e. The second kappa shape index (κ2) is 7.60. The van der Waals surface area contributed by atoms with Crippen LogP contribution in [-0.2, 0) is 11.3 Å². The van der Waals surface area contributed by atoms with Gasteiger partial charge in [-0.25, -0.2) is 23.5 Å². The summed E-state index contributed by atoms with van der Waals surface area (Å²) in [6.45, 7) is 2.05. The highest BCUT2D eigenvalue weighted by Gasteiger charge is 2.11. The van der Waals surface area contributed by atoms with Crippen LogP contribution < -0.4 is 5.73 Å². The van der Waals surface area contributed by atoms with Crippen LogP contribution >= 0.6 is 0 Å². The lowest BCUT2D eigenvalue weighted by Gasteiger charge is -2.03. The summed E-state index contributed by atoms with van der Waals surface area (Å²) in [6.07, 6.45) is 3.13. The summed E-state index contributed by atoms with van der Waals surface area (Å²) in [5.41, 5.74) is 7.62. The molecule has 0 aliphatic heterocycles. The standard InChI is InChI=1S/C9H9N3O2.C7H7F2N/c1-6-3-7(9(13)14-2)12-5-10-4-8(12)11-6;8-6-2-1-5(4-10)3-7(6)9/h3-5H,1-2H3;1-3H,4,10H2. The Hall–Kier alpha value is -2.87. The molecular formula is C16H16F2N4O2. The molecule has 3 aromatic rings. The normalized spacial score (nSPS) is 10.2. The number of halogens is 2. The summed E-state index contributed by atoms with van der Waals surface area (Å²) in [5, 5.41) is 0. The highest BCUT2D eigenvalue weighted by Crippen LogP contribution is 2.08. The Bertz CT molecular complexity index is 864. The molecule has 6 nitrogen and oxygen atoms in total. The molecule has 2 N–H and O–H groups in total. The Morgan fingerprint density at radius 2 is 2.04 bits per heavy atom. The minimum absolute atomic E-state index is 0.233. The molecule has 0 aliphatic rings. The van der Waals surface area contributed by atoms with E-state index in [9.17, 15) is 13.6 Å². The van der Waals surface area contributed by atoms with Crippen LogP contribution in [0.2, 0.25) is 0 Å². The van der Waals surface area contributed by atoms with Gasteiger partial charge in [0.05, 0.1) is 13.3 Å². The molecule has 0 radical (unpaired) electrons. The number of carbonyl (C=O) groups is 1. The number of hydrogen-bond acceptors (Lipinski definition) is 5. The van der Waals surface area contributed by atoms with Gasteiger partial charge in [0.25, 0.3) is 0 Å². The molecule has 0 amide bonds. The number of nitrogens with zero attached hydrogens (tertiary/aromatic N) is 3. The van der Waals surface area contributed by atoms with E-state index in [1.54, 1.807) is 16.7 Å². The molecule has 24 heavy (non-hydrogen) atoms.